The molecule has 1 atom stereocenters. The van der Waals surface area contributed by atoms with E-state index >= 15 is 0 Å². The third kappa shape index (κ3) is 3.35. The molecule has 0 aliphatic carbocycles. The Kier molecular flexibility index (Phi) is 4.66. The van der Waals surface area contributed by atoms with Gasteiger partial charge in [-0.2, -0.15) is 20.3 Å². The van der Waals surface area contributed by atoms with Crippen molar-refractivity contribution in [2.45, 2.75) is 13.0 Å². The number of nitrogens with one attached hydrogen (secondary N) is 2. The summed E-state index contributed by atoms with van der Waals surface area (Å²) in [5.74, 6) is -1.96. The Hall–Kier alpha value is -4.60. The van der Waals surface area contributed by atoms with Crippen LogP contribution in [0.4, 0.5) is 26.4 Å². The van der Waals surface area contributed by atoms with E-state index in [4.69, 9.17) is 11.5 Å². The summed E-state index contributed by atoms with van der Waals surface area (Å²) in [6, 6.07) is 4.09. The van der Waals surface area contributed by atoms with E-state index in [-0.39, 0.29) is 45.7 Å². The zero-order chi connectivity index (χ0) is 22.3. The van der Waals surface area contributed by atoms with E-state index in [9.17, 15) is 18.8 Å². The molecule has 3 heterocycles. The van der Waals surface area contributed by atoms with Crippen molar-refractivity contribution in [3.63, 3.8) is 0 Å². The van der Waals surface area contributed by atoms with E-state index in [0.717, 1.165) is 10.6 Å². The average Bonchev–Trinajstić information content (AvgIpc) is 3.22. The molecule has 0 bridgehead atoms. The fourth-order valence-corrected chi connectivity index (χ4v) is 3.11. The number of rotatable bonds is 4. The monoisotopic (exact) mass is 424 g/mol. The van der Waals surface area contributed by atoms with Gasteiger partial charge in [0, 0.05) is 12.1 Å². The van der Waals surface area contributed by atoms with Gasteiger partial charge in [-0.05, 0) is 13.0 Å². The molecule has 4 rings (SSSR count). The minimum atomic E-state index is -0.995. The first-order valence-electron chi connectivity index (χ1n) is 8.81. The molecule has 1 aromatic carbocycles. The molecular formula is C18H14F2N10O. The number of aromatic nitrogens is 6. The highest BCUT2D eigenvalue weighted by Crippen LogP contribution is 2.25. The van der Waals surface area contributed by atoms with Crippen molar-refractivity contribution in [2.75, 3.05) is 16.8 Å². The summed E-state index contributed by atoms with van der Waals surface area (Å²) in [4.78, 5) is 25.1. The maximum atomic E-state index is 14.4. The largest absolute Gasteiger partial charge is 0.382 e. The van der Waals surface area contributed by atoms with Gasteiger partial charge in [-0.3, -0.25) is 9.89 Å². The van der Waals surface area contributed by atoms with E-state index in [1.165, 1.54) is 12.3 Å². The molecule has 0 aliphatic heterocycles. The molecule has 0 unspecified atom stereocenters. The minimum Gasteiger partial charge on any atom is -0.382 e. The van der Waals surface area contributed by atoms with Crippen LogP contribution in [0.3, 0.4) is 0 Å². The molecule has 0 saturated heterocycles. The average molecular weight is 424 g/mol. The summed E-state index contributed by atoms with van der Waals surface area (Å²) in [5, 5.41) is 18.5. The summed E-state index contributed by atoms with van der Waals surface area (Å²) in [6.07, 6.45) is 1.40. The number of nitrogen functional groups attached to an aromatic ring is 2. The molecule has 13 heteroatoms. The minimum absolute atomic E-state index is 0.00471. The maximum Gasteiger partial charge on any atom is 0.267 e. The Balaban J connectivity index is 1.94. The van der Waals surface area contributed by atoms with Gasteiger partial charge >= 0.3 is 0 Å². The molecule has 31 heavy (non-hydrogen) atoms. The normalized spacial score (nSPS) is 11.9. The lowest BCUT2D eigenvalue weighted by Gasteiger charge is -2.20. The first kappa shape index (κ1) is 19.7. The Labute approximate surface area is 172 Å². The molecule has 0 amide bonds. The van der Waals surface area contributed by atoms with Crippen LogP contribution >= 0.6 is 0 Å². The number of benzene rings is 1. The van der Waals surface area contributed by atoms with Crippen LogP contribution in [0.1, 0.15) is 24.4 Å². The van der Waals surface area contributed by atoms with Crippen LogP contribution in [0.25, 0.3) is 16.7 Å². The van der Waals surface area contributed by atoms with Crippen LogP contribution in [0.15, 0.2) is 29.2 Å². The summed E-state index contributed by atoms with van der Waals surface area (Å²) in [5.41, 5.74) is 10.2. The van der Waals surface area contributed by atoms with E-state index in [1.54, 1.807) is 6.92 Å². The predicted molar refractivity (Wildman–Crippen MR) is 107 cm³/mol. The van der Waals surface area contributed by atoms with Crippen molar-refractivity contribution in [3.05, 3.63) is 57.8 Å². The van der Waals surface area contributed by atoms with Crippen LogP contribution < -0.4 is 22.3 Å². The van der Waals surface area contributed by atoms with Gasteiger partial charge in [0.05, 0.1) is 17.6 Å². The van der Waals surface area contributed by atoms with Crippen LogP contribution in [0, 0.1) is 23.0 Å². The fourth-order valence-electron chi connectivity index (χ4n) is 3.11. The van der Waals surface area contributed by atoms with Gasteiger partial charge in [0.25, 0.3) is 5.56 Å². The van der Waals surface area contributed by atoms with Crippen LogP contribution in [-0.2, 0) is 0 Å². The summed E-state index contributed by atoms with van der Waals surface area (Å²) >= 11 is 0. The number of hydrogen-bond acceptors (Lipinski definition) is 9. The lowest BCUT2D eigenvalue weighted by atomic mass is 10.2. The summed E-state index contributed by atoms with van der Waals surface area (Å²) in [6.45, 7) is 1.59. The standard InChI is InChI=1S/C18H14F2N10O/c1-7(25-15-10(6-21)14(22)27-18(23)28-15)16-26-13-9(4-8(19)5-11(13)20)17(31)30(16)12-2-3-24-29-12/h2-5,7H,1H3,(H,24,29)(H5,22,23,25,27,28)/t7-/m0/s1. The number of anilines is 3. The molecule has 4 aromatic rings. The van der Waals surface area contributed by atoms with Gasteiger partial charge in [0.15, 0.2) is 11.6 Å². The van der Waals surface area contributed by atoms with Gasteiger partial charge in [-0.25, -0.2) is 18.3 Å². The number of hydrogen-bond donors (Lipinski definition) is 4. The van der Waals surface area contributed by atoms with E-state index < -0.39 is 23.2 Å². The fraction of sp³-hybridized carbons (Fsp3) is 0.111. The van der Waals surface area contributed by atoms with Gasteiger partial charge < -0.3 is 16.8 Å². The number of nitriles is 1. The van der Waals surface area contributed by atoms with Gasteiger partial charge in [0.2, 0.25) is 5.95 Å². The predicted octanol–water partition coefficient (Wildman–Crippen LogP) is 1.39. The Morgan fingerprint density at radius 3 is 2.71 bits per heavy atom. The first-order valence-corrected chi connectivity index (χ1v) is 8.81. The highest BCUT2D eigenvalue weighted by Gasteiger charge is 2.23. The molecule has 11 nitrogen and oxygen atoms in total. The van der Waals surface area contributed by atoms with Crippen molar-refractivity contribution in [2.24, 2.45) is 0 Å². The Morgan fingerprint density at radius 1 is 1.26 bits per heavy atom. The van der Waals surface area contributed by atoms with Crippen molar-refractivity contribution in [1.82, 2.24) is 29.7 Å². The zero-order valence-corrected chi connectivity index (χ0v) is 15.9. The van der Waals surface area contributed by atoms with Crippen molar-refractivity contribution >= 4 is 28.5 Å². The lowest BCUT2D eigenvalue weighted by molar-refractivity contribution is 0.587. The second kappa shape index (κ2) is 7.34. The number of nitrogens with two attached hydrogens (primary N) is 2. The SMILES string of the molecule is C[C@H](Nc1nc(N)nc(N)c1C#N)c1nc2c(F)cc(F)cc2c(=O)n1-c1ccn[nH]1. The number of H-pyrrole nitrogens is 1. The lowest BCUT2D eigenvalue weighted by Crippen LogP contribution is -2.28. The van der Waals surface area contributed by atoms with Crippen molar-refractivity contribution < 1.29 is 8.78 Å². The maximum absolute atomic E-state index is 14.4. The number of nitrogens with zero attached hydrogens (tertiary/aromatic N) is 6. The number of aromatic amines is 1. The van der Waals surface area contributed by atoms with Crippen LogP contribution in [-0.4, -0.2) is 29.7 Å². The molecule has 6 N–H and O–H groups in total. The summed E-state index contributed by atoms with van der Waals surface area (Å²) < 4.78 is 29.3. The third-order valence-corrected chi connectivity index (χ3v) is 4.45. The third-order valence-electron chi connectivity index (χ3n) is 4.45. The highest BCUT2D eigenvalue weighted by atomic mass is 19.1. The quantitative estimate of drug-likeness (QED) is 0.377. The topological polar surface area (TPSA) is 177 Å². The van der Waals surface area contributed by atoms with E-state index in [1.807, 2.05) is 6.07 Å². The molecule has 3 aromatic heterocycles. The highest BCUT2D eigenvalue weighted by molar-refractivity contribution is 5.79. The van der Waals surface area contributed by atoms with E-state index in [0.29, 0.717) is 6.07 Å². The second-order valence-electron chi connectivity index (χ2n) is 6.50. The van der Waals surface area contributed by atoms with Crippen LogP contribution in [0.2, 0.25) is 0 Å². The van der Waals surface area contributed by atoms with Gasteiger partial charge in [0.1, 0.15) is 40.4 Å². The molecule has 0 aliphatic rings. The van der Waals surface area contributed by atoms with Crippen LogP contribution in [0.5, 0.6) is 0 Å². The Morgan fingerprint density at radius 2 is 2.03 bits per heavy atom. The number of halogens is 2. The smallest absolute Gasteiger partial charge is 0.267 e. The van der Waals surface area contributed by atoms with Crippen molar-refractivity contribution in [3.8, 4) is 11.9 Å². The van der Waals surface area contributed by atoms with Gasteiger partial charge in [-0.1, -0.05) is 0 Å². The Bertz CT molecular complexity index is 1410. The van der Waals surface area contributed by atoms with Crippen molar-refractivity contribution in [1.29, 1.82) is 5.26 Å². The number of fused-ring (bicyclic) bond motifs is 1. The summed E-state index contributed by atoms with van der Waals surface area (Å²) in [7, 11) is 0. The molecule has 0 spiro atoms. The second-order valence-corrected chi connectivity index (χ2v) is 6.50. The zero-order valence-electron chi connectivity index (χ0n) is 15.9. The van der Waals surface area contributed by atoms with Gasteiger partial charge in [-0.15, -0.1) is 0 Å². The molecular weight excluding hydrogens is 410 g/mol. The molecule has 0 fully saturated rings. The van der Waals surface area contributed by atoms with E-state index in [2.05, 4.69) is 30.5 Å². The first-order chi connectivity index (χ1) is 14.8. The molecule has 0 radical (unpaired) electrons. The molecule has 0 saturated carbocycles. The molecule has 156 valence electrons.